The molecule has 2 rings (SSSR count). The van der Waals surface area contributed by atoms with Gasteiger partial charge in [-0.3, -0.25) is 0 Å². The topological polar surface area (TPSA) is 92.1 Å². The molecular formula is C15H15N3O3S. The third-order valence-corrected chi connectivity index (χ3v) is 4.21. The quantitative estimate of drug-likeness (QED) is 0.873. The highest BCUT2D eigenvalue weighted by molar-refractivity contribution is 7.88. The number of sulfonamides is 1. The second-order valence-electron chi connectivity index (χ2n) is 4.60. The van der Waals surface area contributed by atoms with Crippen molar-refractivity contribution in [3.05, 3.63) is 59.3 Å². The van der Waals surface area contributed by atoms with Crippen LogP contribution in [0.4, 0.5) is 0 Å². The molecule has 0 aliphatic heterocycles. The molecule has 0 fully saturated rings. The average molecular weight is 317 g/mol. The lowest BCUT2D eigenvalue weighted by molar-refractivity contribution is 0.397. The summed E-state index contributed by atoms with van der Waals surface area (Å²) < 4.78 is 31.7. The molecular weight excluding hydrogens is 302 g/mol. The number of nitrogens with zero attached hydrogens (tertiary/aromatic N) is 2. The molecule has 114 valence electrons. The van der Waals surface area contributed by atoms with Gasteiger partial charge in [0.15, 0.2) is 0 Å². The van der Waals surface area contributed by atoms with Crippen LogP contribution in [0, 0.1) is 11.3 Å². The average Bonchev–Trinajstić information content (AvgIpc) is 2.53. The highest BCUT2D eigenvalue weighted by atomic mass is 32.2. The highest BCUT2D eigenvalue weighted by Crippen LogP contribution is 2.11. The lowest BCUT2D eigenvalue weighted by Gasteiger charge is -2.08. The fourth-order valence-corrected chi connectivity index (χ4v) is 2.97. The molecule has 0 aliphatic rings. The summed E-state index contributed by atoms with van der Waals surface area (Å²) in [6, 6.07) is 11.9. The molecule has 0 radical (unpaired) electrons. The molecule has 1 aromatic carbocycles. The molecule has 0 unspecified atom stereocenters. The molecule has 0 aliphatic carbocycles. The van der Waals surface area contributed by atoms with Crippen LogP contribution in [0.15, 0.2) is 42.6 Å². The van der Waals surface area contributed by atoms with Crippen LogP contribution in [0.5, 0.6) is 5.88 Å². The van der Waals surface area contributed by atoms with Gasteiger partial charge in [0.1, 0.15) is 0 Å². The van der Waals surface area contributed by atoms with Crippen molar-refractivity contribution in [2.75, 3.05) is 7.11 Å². The summed E-state index contributed by atoms with van der Waals surface area (Å²) in [5.74, 6) is 0.253. The first-order chi connectivity index (χ1) is 10.5. The Kier molecular flexibility index (Phi) is 5.09. The van der Waals surface area contributed by atoms with Crippen molar-refractivity contribution >= 4 is 10.0 Å². The van der Waals surface area contributed by atoms with E-state index in [1.165, 1.54) is 7.11 Å². The predicted molar refractivity (Wildman–Crippen MR) is 81.4 cm³/mol. The van der Waals surface area contributed by atoms with Crippen molar-refractivity contribution in [2.24, 2.45) is 0 Å². The number of nitriles is 1. The van der Waals surface area contributed by atoms with Crippen molar-refractivity contribution < 1.29 is 13.2 Å². The Balaban J connectivity index is 2.03. The molecule has 6 nitrogen and oxygen atoms in total. The van der Waals surface area contributed by atoms with Crippen molar-refractivity contribution in [3.8, 4) is 11.9 Å². The summed E-state index contributed by atoms with van der Waals surface area (Å²) in [7, 11) is -2.00. The Labute approximate surface area is 129 Å². The molecule has 1 aromatic heterocycles. The van der Waals surface area contributed by atoms with E-state index in [0.29, 0.717) is 17.0 Å². The Morgan fingerprint density at radius 1 is 1.27 bits per heavy atom. The number of rotatable bonds is 6. The zero-order valence-electron chi connectivity index (χ0n) is 12.0. The number of benzene rings is 1. The number of aromatic nitrogens is 1. The first kappa shape index (κ1) is 15.9. The second-order valence-corrected chi connectivity index (χ2v) is 6.41. The zero-order chi connectivity index (χ0) is 16.0. The maximum atomic E-state index is 12.1. The smallest absolute Gasteiger partial charge is 0.216 e. The number of hydrogen-bond donors (Lipinski definition) is 1. The van der Waals surface area contributed by atoms with Gasteiger partial charge in [0.25, 0.3) is 0 Å². The molecule has 0 spiro atoms. The minimum Gasteiger partial charge on any atom is -0.481 e. The van der Waals surface area contributed by atoms with Crippen molar-refractivity contribution in [2.45, 2.75) is 12.3 Å². The van der Waals surface area contributed by atoms with Crippen LogP contribution in [-0.4, -0.2) is 20.5 Å². The number of nitrogens with one attached hydrogen (secondary N) is 1. The number of pyridine rings is 1. The van der Waals surface area contributed by atoms with Gasteiger partial charge in [-0.15, -0.1) is 0 Å². The molecule has 0 amide bonds. The van der Waals surface area contributed by atoms with Crippen LogP contribution >= 0.6 is 0 Å². The Morgan fingerprint density at radius 2 is 2.09 bits per heavy atom. The van der Waals surface area contributed by atoms with E-state index in [1.54, 1.807) is 42.6 Å². The molecule has 1 N–H and O–H groups in total. The highest BCUT2D eigenvalue weighted by Gasteiger charge is 2.12. The fourth-order valence-electron chi connectivity index (χ4n) is 1.87. The van der Waals surface area contributed by atoms with Crippen LogP contribution < -0.4 is 9.46 Å². The van der Waals surface area contributed by atoms with Gasteiger partial charge < -0.3 is 4.74 Å². The van der Waals surface area contributed by atoms with Gasteiger partial charge in [-0.2, -0.15) is 5.26 Å². The molecule has 0 saturated carbocycles. The van der Waals surface area contributed by atoms with Gasteiger partial charge in [0.05, 0.1) is 24.5 Å². The van der Waals surface area contributed by atoms with E-state index in [2.05, 4.69) is 9.71 Å². The molecule has 7 heteroatoms. The maximum absolute atomic E-state index is 12.1. The van der Waals surface area contributed by atoms with Crippen LogP contribution in [-0.2, 0) is 22.3 Å². The third-order valence-electron chi connectivity index (χ3n) is 2.92. The first-order valence-corrected chi connectivity index (χ1v) is 8.13. The summed E-state index contributed by atoms with van der Waals surface area (Å²) in [4.78, 5) is 3.96. The normalized spacial score (nSPS) is 10.9. The van der Waals surface area contributed by atoms with Gasteiger partial charge in [-0.1, -0.05) is 12.1 Å². The van der Waals surface area contributed by atoms with Gasteiger partial charge in [0, 0.05) is 18.8 Å². The fraction of sp³-hybridized carbons (Fsp3) is 0.200. The monoisotopic (exact) mass is 317 g/mol. The molecule has 0 saturated heterocycles. The van der Waals surface area contributed by atoms with Crippen molar-refractivity contribution in [3.63, 3.8) is 0 Å². The largest absolute Gasteiger partial charge is 0.481 e. The number of hydrogen-bond acceptors (Lipinski definition) is 5. The van der Waals surface area contributed by atoms with E-state index in [0.717, 1.165) is 5.56 Å². The molecule has 22 heavy (non-hydrogen) atoms. The van der Waals surface area contributed by atoms with E-state index < -0.39 is 10.0 Å². The van der Waals surface area contributed by atoms with Gasteiger partial charge >= 0.3 is 0 Å². The van der Waals surface area contributed by atoms with Crippen LogP contribution in [0.3, 0.4) is 0 Å². The summed E-state index contributed by atoms with van der Waals surface area (Å²) in [5, 5.41) is 8.83. The minimum atomic E-state index is -3.50. The van der Waals surface area contributed by atoms with E-state index in [9.17, 15) is 8.42 Å². The lowest BCUT2D eigenvalue weighted by atomic mass is 10.2. The van der Waals surface area contributed by atoms with Crippen LogP contribution in [0.25, 0.3) is 0 Å². The first-order valence-electron chi connectivity index (χ1n) is 6.48. The standard InChI is InChI=1S/C15H15N3O3S/c1-21-15-8-13(5-6-17-15)10-18-22(19,20)11-14-4-2-3-12(7-14)9-16/h2-8,18H,10-11H2,1H3. The van der Waals surface area contributed by atoms with Crippen LogP contribution in [0.2, 0.25) is 0 Å². The molecule has 1 heterocycles. The third kappa shape index (κ3) is 4.55. The summed E-state index contributed by atoms with van der Waals surface area (Å²) in [6.07, 6.45) is 1.55. The minimum absolute atomic E-state index is 0.152. The van der Waals surface area contributed by atoms with E-state index in [4.69, 9.17) is 10.00 Å². The molecule has 0 bridgehead atoms. The zero-order valence-corrected chi connectivity index (χ0v) is 12.8. The Bertz CT molecular complexity index is 798. The predicted octanol–water partition coefficient (Wildman–Crippen LogP) is 1.58. The SMILES string of the molecule is COc1cc(CNS(=O)(=O)Cc2cccc(C#N)c2)ccn1. The van der Waals surface area contributed by atoms with Crippen molar-refractivity contribution in [1.82, 2.24) is 9.71 Å². The summed E-state index contributed by atoms with van der Waals surface area (Å²) in [6.45, 7) is 0.152. The maximum Gasteiger partial charge on any atom is 0.216 e. The van der Waals surface area contributed by atoms with E-state index >= 15 is 0 Å². The summed E-state index contributed by atoms with van der Waals surface area (Å²) in [5.41, 5.74) is 1.76. The Morgan fingerprint density at radius 3 is 2.82 bits per heavy atom. The van der Waals surface area contributed by atoms with Crippen molar-refractivity contribution in [1.29, 1.82) is 5.26 Å². The molecule has 2 aromatic rings. The van der Waals surface area contributed by atoms with Gasteiger partial charge in [-0.05, 0) is 29.3 Å². The Hall–Kier alpha value is -2.43. The van der Waals surface area contributed by atoms with Crippen LogP contribution in [0.1, 0.15) is 16.7 Å². The van der Waals surface area contributed by atoms with Gasteiger partial charge in [-0.25, -0.2) is 18.1 Å². The van der Waals surface area contributed by atoms with E-state index in [1.807, 2.05) is 6.07 Å². The number of methoxy groups -OCH3 is 1. The molecule has 0 atom stereocenters. The number of ether oxygens (including phenoxy) is 1. The second kappa shape index (κ2) is 7.02. The van der Waals surface area contributed by atoms with E-state index in [-0.39, 0.29) is 12.3 Å². The lowest BCUT2D eigenvalue weighted by Crippen LogP contribution is -2.24. The van der Waals surface area contributed by atoms with Gasteiger partial charge in [0.2, 0.25) is 15.9 Å². The summed E-state index contributed by atoms with van der Waals surface area (Å²) >= 11 is 0.